The van der Waals surface area contributed by atoms with Gasteiger partial charge in [-0.3, -0.25) is 14.1 Å². The van der Waals surface area contributed by atoms with Crippen molar-refractivity contribution in [2.75, 3.05) is 16.2 Å². The smallest absolute Gasteiger partial charge is 0.264 e. The molecule has 7 heteroatoms. The molecule has 0 unspecified atom stereocenters. The highest BCUT2D eigenvalue weighted by Gasteiger charge is 2.28. The molecule has 0 aliphatic rings. The van der Waals surface area contributed by atoms with E-state index in [9.17, 15) is 13.2 Å². The molecule has 1 N–H and O–H groups in total. The number of carbonyl (C=O) groups excluding carboxylic acids is 1. The van der Waals surface area contributed by atoms with Crippen LogP contribution in [0, 0.1) is 13.8 Å². The number of nitrogens with one attached hydrogen (secondary N) is 1. The molecule has 3 rings (SSSR count). The predicted molar refractivity (Wildman–Crippen MR) is 110 cm³/mol. The molecule has 2 aromatic carbocycles. The van der Waals surface area contributed by atoms with E-state index in [1.807, 2.05) is 26.0 Å². The number of aromatic nitrogens is 1. The second kappa shape index (κ2) is 8.22. The quantitative estimate of drug-likeness (QED) is 0.692. The summed E-state index contributed by atoms with van der Waals surface area (Å²) < 4.78 is 27.7. The molecule has 0 atom stereocenters. The first kappa shape index (κ1) is 19.6. The Morgan fingerprint density at radius 1 is 1.04 bits per heavy atom. The minimum Gasteiger partial charge on any atom is -0.323 e. The van der Waals surface area contributed by atoms with Crippen LogP contribution in [-0.4, -0.2) is 25.9 Å². The monoisotopic (exact) mass is 395 g/mol. The fourth-order valence-electron chi connectivity index (χ4n) is 2.87. The topological polar surface area (TPSA) is 79.4 Å². The van der Waals surface area contributed by atoms with Gasteiger partial charge < -0.3 is 5.32 Å². The van der Waals surface area contributed by atoms with Crippen molar-refractivity contribution in [3.05, 3.63) is 84.2 Å². The van der Waals surface area contributed by atoms with Crippen LogP contribution < -0.4 is 9.62 Å². The van der Waals surface area contributed by atoms with Gasteiger partial charge in [0.1, 0.15) is 6.54 Å². The first-order valence-corrected chi connectivity index (χ1v) is 10.2. The summed E-state index contributed by atoms with van der Waals surface area (Å²) in [6.45, 7) is 3.41. The number of nitrogens with zero attached hydrogens (tertiary/aromatic N) is 2. The van der Waals surface area contributed by atoms with Crippen LogP contribution in [0.4, 0.5) is 11.4 Å². The summed E-state index contributed by atoms with van der Waals surface area (Å²) in [5.74, 6) is -0.451. The van der Waals surface area contributed by atoms with E-state index in [-0.39, 0.29) is 11.4 Å². The zero-order chi connectivity index (χ0) is 20.1. The molecule has 1 heterocycles. The Kier molecular flexibility index (Phi) is 5.75. The molecule has 0 aliphatic heterocycles. The Bertz CT molecular complexity index is 1070. The number of amides is 1. The molecule has 144 valence electrons. The molecule has 0 radical (unpaired) electrons. The van der Waals surface area contributed by atoms with Crippen LogP contribution in [0.3, 0.4) is 0 Å². The minimum atomic E-state index is -3.92. The van der Waals surface area contributed by atoms with Crippen LogP contribution in [0.1, 0.15) is 11.1 Å². The van der Waals surface area contributed by atoms with Crippen LogP contribution in [0.15, 0.2) is 78.0 Å². The number of carbonyl (C=O) groups is 1. The van der Waals surface area contributed by atoms with Crippen LogP contribution >= 0.6 is 0 Å². The second-order valence-electron chi connectivity index (χ2n) is 6.40. The Balaban J connectivity index is 1.98. The Labute approximate surface area is 164 Å². The average molecular weight is 395 g/mol. The highest BCUT2D eigenvalue weighted by Crippen LogP contribution is 2.27. The summed E-state index contributed by atoms with van der Waals surface area (Å²) in [6, 6.07) is 16.9. The lowest BCUT2D eigenvalue weighted by atomic mass is 10.1. The Hall–Kier alpha value is -3.19. The number of benzene rings is 2. The summed E-state index contributed by atoms with van der Waals surface area (Å²) in [5.41, 5.74) is 2.76. The fourth-order valence-corrected chi connectivity index (χ4v) is 4.38. The number of hydrogen-bond acceptors (Lipinski definition) is 4. The molecular weight excluding hydrogens is 374 g/mol. The maximum atomic E-state index is 13.3. The van der Waals surface area contributed by atoms with E-state index in [2.05, 4.69) is 10.3 Å². The van der Waals surface area contributed by atoms with Gasteiger partial charge in [0.2, 0.25) is 5.91 Å². The van der Waals surface area contributed by atoms with Gasteiger partial charge in [0, 0.05) is 6.20 Å². The third-order valence-electron chi connectivity index (χ3n) is 4.18. The standard InChI is InChI=1S/C21H21N3O3S/c1-16-10-11-20(17(2)13-16)24(28(26,27)19-8-4-3-5-9-19)15-21(25)23-18-7-6-12-22-14-18/h3-14H,15H2,1-2H3,(H,23,25). The van der Waals surface area contributed by atoms with Crippen molar-refractivity contribution in [2.45, 2.75) is 18.7 Å². The molecular formula is C21H21N3O3S. The van der Waals surface area contributed by atoms with Crippen molar-refractivity contribution >= 4 is 27.3 Å². The van der Waals surface area contributed by atoms with E-state index in [4.69, 9.17) is 0 Å². The summed E-state index contributed by atoms with van der Waals surface area (Å²) in [6.07, 6.45) is 3.10. The maximum Gasteiger partial charge on any atom is 0.264 e. The molecule has 1 amide bonds. The summed E-state index contributed by atoms with van der Waals surface area (Å²) in [4.78, 5) is 16.7. The molecule has 3 aromatic rings. The zero-order valence-electron chi connectivity index (χ0n) is 15.7. The molecule has 0 aliphatic carbocycles. The summed E-state index contributed by atoms with van der Waals surface area (Å²) in [5, 5.41) is 2.69. The average Bonchev–Trinajstić information content (AvgIpc) is 2.68. The highest BCUT2D eigenvalue weighted by molar-refractivity contribution is 7.92. The first-order chi connectivity index (χ1) is 13.4. The van der Waals surface area contributed by atoms with Crippen molar-refractivity contribution < 1.29 is 13.2 Å². The second-order valence-corrected chi connectivity index (χ2v) is 8.27. The fraction of sp³-hybridized carbons (Fsp3) is 0.143. The zero-order valence-corrected chi connectivity index (χ0v) is 16.5. The molecule has 0 fully saturated rings. The van der Waals surface area contributed by atoms with Gasteiger partial charge in [-0.1, -0.05) is 35.9 Å². The van der Waals surface area contributed by atoms with E-state index >= 15 is 0 Å². The number of aryl methyl sites for hydroxylation is 2. The summed E-state index contributed by atoms with van der Waals surface area (Å²) in [7, 11) is -3.92. The molecule has 6 nitrogen and oxygen atoms in total. The van der Waals surface area contributed by atoms with Gasteiger partial charge >= 0.3 is 0 Å². The Morgan fingerprint density at radius 2 is 1.79 bits per heavy atom. The first-order valence-electron chi connectivity index (χ1n) is 8.73. The van der Waals surface area contributed by atoms with E-state index < -0.39 is 15.9 Å². The van der Waals surface area contributed by atoms with E-state index in [1.54, 1.807) is 42.6 Å². The summed E-state index contributed by atoms with van der Waals surface area (Å²) >= 11 is 0. The van der Waals surface area contributed by atoms with E-state index in [0.717, 1.165) is 15.4 Å². The predicted octanol–water partition coefficient (Wildman–Crippen LogP) is 3.53. The van der Waals surface area contributed by atoms with Gasteiger partial charge in [-0.15, -0.1) is 0 Å². The van der Waals surface area contributed by atoms with E-state index in [0.29, 0.717) is 11.4 Å². The van der Waals surface area contributed by atoms with Crippen molar-refractivity contribution in [1.29, 1.82) is 0 Å². The van der Waals surface area contributed by atoms with E-state index in [1.165, 1.54) is 18.3 Å². The molecule has 0 spiro atoms. The lowest BCUT2D eigenvalue weighted by Gasteiger charge is -2.26. The van der Waals surface area contributed by atoms with Gasteiger partial charge in [0.05, 0.1) is 22.5 Å². The number of hydrogen-bond donors (Lipinski definition) is 1. The normalized spacial score (nSPS) is 11.1. The van der Waals surface area contributed by atoms with Gasteiger partial charge in [-0.2, -0.15) is 0 Å². The van der Waals surface area contributed by atoms with Gasteiger partial charge in [0.15, 0.2) is 0 Å². The third-order valence-corrected chi connectivity index (χ3v) is 5.96. The SMILES string of the molecule is Cc1ccc(N(CC(=O)Nc2cccnc2)S(=O)(=O)c2ccccc2)c(C)c1. The van der Waals surface area contributed by atoms with Crippen LogP contribution in [0.25, 0.3) is 0 Å². The van der Waals surface area contributed by atoms with Crippen LogP contribution in [-0.2, 0) is 14.8 Å². The third kappa shape index (κ3) is 4.37. The van der Waals surface area contributed by atoms with Crippen LogP contribution in [0.2, 0.25) is 0 Å². The molecule has 0 saturated heterocycles. The largest absolute Gasteiger partial charge is 0.323 e. The molecule has 1 aromatic heterocycles. The Morgan fingerprint density at radius 3 is 2.43 bits per heavy atom. The number of anilines is 2. The molecule has 28 heavy (non-hydrogen) atoms. The maximum absolute atomic E-state index is 13.3. The van der Waals surface area contributed by atoms with Crippen molar-refractivity contribution in [2.24, 2.45) is 0 Å². The minimum absolute atomic E-state index is 0.129. The number of pyridine rings is 1. The lowest BCUT2D eigenvalue weighted by Crippen LogP contribution is -2.38. The van der Waals surface area contributed by atoms with Gasteiger partial charge in [-0.25, -0.2) is 8.42 Å². The highest BCUT2D eigenvalue weighted by atomic mass is 32.2. The molecule has 0 saturated carbocycles. The number of rotatable bonds is 6. The van der Waals surface area contributed by atoms with Crippen molar-refractivity contribution in [3.63, 3.8) is 0 Å². The van der Waals surface area contributed by atoms with Gasteiger partial charge in [-0.05, 0) is 49.7 Å². The molecule has 0 bridgehead atoms. The van der Waals surface area contributed by atoms with Crippen LogP contribution in [0.5, 0.6) is 0 Å². The number of sulfonamides is 1. The van der Waals surface area contributed by atoms with Crippen molar-refractivity contribution in [3.8, 4) is 0 Å². The lowest BCUT2D eigenvalue weighted by molar-refractivity contribution is -0.114. The van der Waals surface area contributed by atoms with Crippen molar-refractivity contribution in [1.82, 2.24) is 4.98 Å². The van der Waals surface area contributed by atoms with Gasteiger partial charge in [0.25, 0.3) is 10.0 Å².